The first-order valence-electron chi connectivity index (χ1n) is 19.1. The van der Waals surface area contributed by atoms with E-state index >= 15 is 0 Å². The summed E-state index contributed by atoms with van der Waals surface area (Å²) in [6.45, 7) is 4.75. The highest BCUT2D eigenvalue weighted by atomic mass is 15.1. The summed E-state index contributed by atoms with van der Waals surface area (Å²) in [5.41, 5.74) is 14.5. The van der Waals surface area contributed by atoms with Gasteiger partial charge in [0, 0.05) is 39.2 Å². The van der Waals surface area contributed by atoms with Crippen LogP contribution in [0.25, 0.3) is 43.8 Å². The van der Waals surface area contributed by atoms with Crippen molar-refractivity contribution in [3.8, 4) is 22.3 Å². The monoisotopic (exact) mass is 704 g/mol. The predicted molar refractivity (Wildman–Crippen MR) is 234 cm³/mol. The molecule has 9 aromatic carbocycles. The molecule has 0 radical (unpaired) electrons. The molecule has 0 saturated carbocycles. The molecule has 0 amide bonds. The van der Waals surface area contributed by atoms with Gasteiger partial charge in [-0.2, -0.15) is 0 Å². The topological polar surface area (TPSA) is 6.48 Å². The molecule has 0 saturated heterocycles. The Morgan fingerprint density at radius 3 is 1.47 bits per heavy atom. The van der Waals surface area contributed by atoms with E-state index in [-0.39, 0.29) is 5.41 Å². The number of hydrogen-bond acceptors (Lipinski definition) is 2. The Hall–Kier alpha value is -6.90. The summed E-state index contributed by atoms with van der Waals surface area (Å²) >= 11 is 0. The highest BCUT2D eigenvalue weighted by Crippen LogP contribution is 2.53. The Balaban J connectivity index is 1.00. The van der Waals surface area contributed by atoms with E-state index in [2.05, 4.69) is 230 Å². The van der Waals surface area contributed by atoms with E-state index in [0.29, 0.717) is 0 Å². The normalized spacial score (nSPS) is 12.7. The van der Waals surface area contributed by atoms with Crippen LogP contribution in [-0.4, -0.2) is 0 Å². The summed E-state index contributed by atoms with van der Waals surface area (Å²) in [4.78, 5) is 4.73. The lowest BCUT2D eigenvalue weighted by molar-refractivity contribution is 0.666. The number of hydrogen-bond donors (Lipinski definition) is 0. The van der Waals surface area contributed by atoms with Crippen molar-refractivity contribution in [2.75, 3.05) is 9.80 Å². The van der Waals surface area contributed by atoms with Gasteiger partial charge < -0.3 is 9.80 Å². The standard InChI is InChI=1S/C53H40N2/c1-53(2)50-36-45(33-35-48(50)49-34-28-40-15-10-12-22-47(40)52(49)53)54(41-17-5-3-6-18-41)43-29-24-37(25-30-43)38-26-31-44(32-27-38)55(42-19-7-4-8-20-42)51-23-13-16-39-14-9-11-21-46(39)51/h3-36H,1-2H3. The zero-order chi connectivity index (χ0) is 36.9. The number of fused-ring (bicyclic) bond motifs is 6. The molecule has 1 aliphatic carbocycles. The molecule has 1 aliphatic rings. The molecule has 262 valence electrons. The van der Waals surface area contributed by atoms with Gasteiger partial charge in [0.05, 0.1) is 5.69 Å². The fourth-order valence-corrected chi connectivity index (χ4v) is 8.77. The lowest BCUT2D eigenvalue weighted by Gasteiger charge is -2.28. The first-order valence-corrected chi connectivity index (χ1v) is 19.1. The molecule has 0 aliphatic heterocycles. The first-order chi connectivity index (χ1) is 27.0. The van der Waals surface area contributed by atoms with Crippen molar-refractivity contribution in [1.82, 2.24) is 0 Å². The zero-order valence-electron chi connectivity index (χ0n) is 31.0. The van der Waals surface area contributed by atoms with E-state index in [1.165, 1.54) is 54.9 Å². The molecule has 2 nitrogen and oxygen atoms in total. The Morgan fingerprint density at radius 2 is 0.818 bits per heavy atom. The van der Waals surface area contributed by atoms with Crippen molar-refractivity contribution >= 4 is 55.7 Å². The fraction of sp³-hybridized carbons (Fsp3) is 0.0566. The van der Waals surface area contributed by atoms with Crippen molar-refractivity contribution < 1.29 is 0 Å². The molecule has 10 rings (SSSR count). The van der Waals surface area contributed by atoms with E-state index in [1.807, 2.05) is 0 Å². The van der Waals surface area contributed by atoms with Crippen LogP contribution >= 0.6 is 0 Å². The molecule has 55 heavy (non-hydrogen) atoms. The third-order valence-electron chi connectivity index (χ3n) is 11.4. The maximum atomic E-state index is 2.41. The zero-order valence-corrected chi connectivity index (χ0v) is 31.0. The van der Waals surface area contributed by atoms with Crippen LogP contribution in [0.4, 0.5) is 34.1 Å². The first kappa shape index (κ1) is 32.7. The highest BCUT2D eigenvalue weighted by Gasteiger charge is 2.37. The summed E-state index contributed by atoms with van der Waals surface area (Å²) in [5.74, 6) is 0. The van der Waals surface area contributed by atoms with E-state index in [0.717, 1.165) is 34.1 Å². The van der Waals surface area contributed by atoms with E-state index in [1.54, 1.807) is 0 Å². The highest BCUT2D eigenvalue weighted by molar-refractivity contribution is 6.00. The Labute approximate surface area is 323 Å². The van der Waals surface area contributed by atoms with Gasteiger partial charge in [0.2, 0.25) is 0 Å². The van der Waals surface area contributed by atoms with Crippen LogP contribution in [0.2, 0.25) is 0 Å². The number of anilines is 6. The molecule has 0 bridgehead atoms. The minimum absolute atomic E-state index is 0.135. The molecule has 0 atom stereocenters. The van der Waals surface area contributed by atoms with Crippen LogP contribution < -0.4 is 9.80 Å². The summed E-state index contributed by atoms with van der Waals surface area (Å²) < 4.78 is 0. The second kappa shape index (κ2) is 13.2. The van der Waals surface area contributed by atoms with Crippen LogP contribution in [0.15, 0.2) is 206 Å². The molecule has 0 unspecified atom stereocenters. The molecule has 0 aromatic heterocycles. The minimum atomic E-state index is -0.135. The number of rotatable bonds is 7. The van der Waals surface area contributed by atoms with E-state index < -0.39 is 0 Å². The van der Waals surface area contributed by atoms with Gasteiger partial charge in [-0.15, -0.1) is 0 Å². The number of nitrogens with zero attached hydrogens (tertiary/aromatic N) is 2. The quantitative estimate of drug-likeness (QED) is 0.163. The molecule has 0 heterocycles. The second-order valence-electron chi connectivity index (χ2n) is 15.0. The smallest absolute Gasteiger partial charge is 0.0540 e. The summed E-state index contributed by atoms with van der Waals surface area (Å²) in [6, 6.07) is 74.9. The Bertz CT molecular complexity index is 2820. The minimum Gasteiger partial charge on any atom is -0.310 e. The third-order valence-corrected chi connectivity index (χ3v) is 11.4. The number of benzene rings is 9. The van der Waals surface area contributed by atoms with Crippen LogP contribution in [0.5, 0.6) is 0 Å². The largest absolute Gasteiger partial charge is 0.310 e. The predicted octanol–water partition coefficient (Wildman–Crippen LogP) is 14.9. The van der Waals surface area contributed by atoms with Crippen LogP contribution in [0.3, 0.4) is 0 Å². The maximum absolute atomic E-state index is 2.41. The molecule has 0 spiro atoms. The Kier molecular flexibility index (Phi) is 7.85. The van der Waals surface area contributed by atoms with Gasteiger partial charge in [-0.05, 0) is 116 Å². The molecule has 0 N–H and O–H groups in total. The van der Waals surface area contributed by atoms with Crippen molar-refractivity contribution in [3.05, 3.63) is 217 Å². The molecular weight excluding hydrogens is 665 g/mol. The van der Waals surface area contributed by atoms with Gasteiger partial charge in [0.25, 0.3) is 0 Å². The van der Waals surface area contributed by atoms with E-state index in [4.69, 9.17) is 0 Å². The lowest BCUT2D eigenvalue weighted by atomic mass is 9.80. The van der Waals surface area contributed by atoms with Crippen molar-refractivity contribution in [2.45, 2.75) is 19.3 Å². The van der Waals surface area contributed by atoms with Crippen LogP contribution in [0, 0.1) is 0 Å². The second-order valence-corrected chi connectivity index (χ2v) is 15.0. The lowest BCUT2D eigenvalue weighted by Crippen LogP contribution is -2.17. The SMILES string of the molecule is CC1(C)c2cc(N(c3ccccc3)c3ccc(-c4ccc(N(c5ccccc5)c5cccc6ccccc56)cc4)cc3)ccc2-c2ccc3ccccc3c21. The number of para-hydroxylation sites is 2. The van der Waals surface area contributed by atoms with Crippen molar-refractivity contribution in [2.24, 2.45) is 0 Å². The molecule has 2 heteroatoms. The van der Waals surface area contributed by atoms with Gasteiger partial charge in [-0.25, -0.2) is 0 Å². The van der Waals surface area contributed by atoms with Gasteiger partial charge >= 0.3 is 0 Å². The van der Waals surface area contributed by atoms with Crippen molar-refractivity contribution in [1.29, 1.82) is 0 Å². The van der Waals surface area contributed by atoms with Crippen LogP contribution in [-0.2, 0) is 5.41 Å². The van der Waals surface area contributed by atoms with Gasteiger partial charge in [0.1, 0.15) is 0 Å². The average Bonchev–Trinajstić information content (AvgIpc) is 3.48. The summed E-state index contributed by atoms with van der Waals surface area (Å²) in [7, 11) is 0. The Morgan fingerprint density at radius 1 is 0.345 bits per heavy atom. The van der Waals surface area contributed by atoms with E-state index in [9.17, 15) is 0 Å². The van der Waals surface area contributed by atoms with Gasteiger partial charge in [-0.3, -0.25) is 0 Å². The van der Waals surface area contributed by atoms with Crippen LogP contribution in [0.1, 0.15) is 25.0 Å². The average molecular weight is 705 g/mol. The maximum Gasteiger partial charge on any atom is 0.0540 e. The summed E-state index contributed by atoms with van der Waals surface area (Å²) in [5, 5.41) is 5.08. The van der Waals surface area contributed by atoms with Gasteiger partial charge in [0.15, 0.2) is 0 Å². The summed E-state index contributed by atoms with van der Waals surface area (Å²) in [6.07, 6.45) is 0. The van der Waals surface area contributed by atoms with Gasteiger partial charge in [-0.1, -0.05) is 153 Å². The molecule has 9 aromatic rings. The molecular formula is C53H40N2. The third kappa shape index (κ3) is 5.57. The van der Waals surface area contributed by atoms with Crippen molar-refractivity contribution in [3.63, 3.8) is 0 Å². The fourth-order valence-electron chi connectivity index (χ4n) is 8.77. The molecule has 0 fully saturated rings.